The minimum Gasteiger partial charge on any atom is -0.454 e. The van der Waals surface area contributed by atoms with Crippen LogP contribution in [0.1, 0.15) is 11.1 Å². The van der Waals surface area contributed by atoms with Crippen LogP contribution in [0.25, 0.3) is 6.08 Å². The molecule has 132 valence electrons. The van der Waals surface area contributed by atoms with Crippen LogP contribution in [0.4, 0.5) is 9.18 Å². The summed E-state index contributed by atoms with van der Waals surface area (Å²) in [5, 5.41) is -0.359. The molecule has 0 atom stereocenters. The summed E-state index contributed by atoms with van der Waals surface area (Å²) >= 11 is 4.31. The van der Waals surface area contributed by atoms with Crippen molar-refractivity contribution in [2.75, 3.05) is 6.79 Å². The van der Waals surface area contributed by atoms with E-state index in [4.69, 9.17) is 9.47 Å². The van der Waals surface area contributed by atoms with E-state index in [-0.39, 0.29) is 30.3 Å². The summed E-state index contributed by atoms with van der Waals surface area (Å²) in [4.78, 5) is 26.3. The predicted octanol–water partition coefficient (Wildman–Crippen LogP) is 4.55. The molecule has 2 amide bonds. The number of hydrogen-bond acceptors (Lipinski definition) is 5. The molecule has 2 aromatic carbocycles. The Morgan fingerprint density at radius 3 is 2.58 bits per heavy atom. The molecule has 0 aromatic heterocycles. The van der Waals surface area contributed by atoms with Gasteiger partial charge in [-0.2, -0.15) is 0 Å². The maximum atomic E-state index is 13.0. The van der Waals surface area contributed by atoms with Crippen molar-refractivity contribution in [1.82, 2.24) is 4.90 Å². The molecule has 4 rings (SSSR count). The number of benzene rings is 2. The van der Waals surface area contributed by atoms with Gasteiger partial charge in [0.15, 0.2) is 11.5 Å². The molecular weight excluding hydrogens is 425 g/mol. The third-order valence-electron chi connectivity index (χ3n) is 3.91. The molecule has 8 heteroatoms. The van der Waals surface area contributed by atoms with Crippen LogP contribution in [-0.4, -0.2) is 22.8 Å². The highest BCUT2D eigenvalue weighted by molar-refractivity contribution is 9.10. The summed E-state index contributed by atoms with van der Waals surface area (Å²) < 4.78 is 24.4. The quantitative estimate of drug-likeness (QED) is 0.661. The van der Waals surface area contributed by atoms with Gasteiger partial charge in [0.1, 0.15) is 5.82 Å². The van der Waals surface area contributed by atoms with Gasteiger partial charge in [-0.25, -0.2) is 4.39 Å². The van der Waals surface area contributed by atoms with Gasteiger partial charge in [-0.3, -0.25) is 14.5 Å². The van der Waals surface area contributed by atoms with Crippen molar-refractivity contribution in [3.05, 3.63) is 62.7 Å². The first-order valence-corrected chi connectivity index (χ1v) is 9.21. The van der Waals surface area contributed by atoms with Crippen molar-refractivity contribution in [3.8, 4) is 11.5 Å². The number of thioether (sulfide) groups is 1. The number of imide groups is 1. The van der Waals surface area contributed by atoms with Crippen LogP contribution in [-0.2, 0) is 11.3 Å². The Labute approximate surface area is 160 Å². The summed E-state index contributed by atoms with van der Waals surface area (Å²) in [7, 11) is 0. The SMILES string of the molecule is O=C1S/C(=C\c2cc3c(cc2Br)OCO3)C(=O)N1Cc1ccc(F)cc1. The second-order valence-corrected chi connectivity index (χ2v) is 7.47. The molecule has 0 aliphatic carbocycles. The Balaban J connectivity index is 1.59. The fourth-order valence-corrected chi connectivity index (χ4v) is 3.86. The lowest BCUT2D eigenvalue weighted by Gasteiger charge is -2.12. The molecule has 2 aromatic rings. The topological polar surface area (TPSA) is 55.8 Å². The lowest BCUT2D eigenvalue weighted by Crippen LogP contribution is -2.27. The number of ether oxygens (including phenoxy) is 2. The first-order chi connectivity index (χ1) is 12.5. The van der Waals surface area contributed by atoms with Gasteiger partial charge in [0.2, 0.25) is 6.79 Å². The van der Waals surface area contributed by atoms with E-state index >= 15 is 0 Å². The lowest BCUT2D eigenvalue weighted by molar-refractivity contribution is -0.123. The molecule has 2 aliphatic heterocycles. The highest BCUT2D eigenvalue weighted by Crippen LogP contribution is 2.40. The molecular formula is C18H11BrFNO4S. The van der Waals surface area contributed by atoms with Crippen LogP contribution < -0.4 is 9.47 Å². The number of hydrogen-bond donors (Lipinski definition) is 0. The fraction of sp³-hybridized carbons (Fsp3) is 0.111. The van der Waals surface area contributed by atoms with Crippen molar-refractivity contribution in [2.45, 2.75) is 6.54 Å². The van der Waals surface area contributed by atoms with Crippen molar-refractivity contribution in [1.29, 1.82) is 0 Å². The van der Waals surface area contributed by atoms with Crippen LogP contribution in [0.15, 0.2) is 45.8 Å². The van der Waals surface area contributed by atoms with Crippen LogP contribution in [0.3, 0.4) is 0 Å². The van der Waals surface area contributed by atoms with E-state index in [2.05, 4.69) is 15.9 Å². The monoisotopic (exact) mass is 435 g/mol. The van der Waals surface area contributed by atoms with Gasteiger partial charge >= 0.3 is 0 Å². The van der Waals surface area contributed by atoms with Crippen molar-refractivity contribution in [3.63, 3.8) is 0 Å². The zero-order valence-corrected chi connectivity index (χ0v) is 15.6. The van der Waals surface area contributed by atoms with Crippen LogP contribution >= 0.6 is 27.7 Å². The normalized spacial score (nSPS) is 17.5. The Morgan fingerprint density at radius 1 is 1.15 bits per heavy atom. The number of nitrogens with zero attached hydrogens (tertiary/aromatic N) is 1. The van der Waals surface area contributed by atoms with Gasteiger partial charge < -0.3 is 9.47 Å². The van der Waals surface area contributed by atoms with Gasteiger partial charge in [-0.15, -0.1) is 0 Å². The van der Waals surface area contributed by atoms with Crippen LogP contribution in [0.5, 0.6) is 11.5 Å². The molecule has 0 N–H and O–H groups in total. The summed E-state index contributed by atoms with van der Waals surface area (Å²) in [6.45, 7) is 0.254. The maximum absolute atomic E-state index is 13.0. The third kappa shape index (κ3) is 3.22. The summed E-state index contributed by atoms with van der Waals surface area (Å²) in [5.74, 6) is 0.466. The second kappa shape index (κ2) is 6.77. The smallest absolute Gasteiger partial charge is 0.293 e. The molecule has 0 bridgehead atoms. The molecule has 2 heterocycles. The standard InChI is InChI=1S/C18H11BrFNO4S/c19-13-7-15-14(24-9-25-15)5-11(13)6-16-17(22)21(18(23)26-16)8-10-1-3-12(20)4-2-10/h1-7H,8-9H2/b16-6-. The van der Waals surface area contributed by atoms with Gasteiger partial charge in [-0.1, -0.05) is 28.1 Å². The number of rotatable bonds is 3. The van der Waals surface area contributed by atoms with E-state index in [1.807, 2.05) is 0 Å². The largest absolute Gasteiger partial charge is 0.454 e. The highest BCUT2D eigenvalue weighted by Gasteiger charge is 2.35. The number of amides is 2. The van der Waals surface area contributed by atoms with Crippen LogP contribution in [0.2, 0.25) is 0 Å². The zero-order valence-electron chi connectivity index (χ0n) is 13.2. The van der Waals surface area contributed by atoms with E-state index in [1.165, 1.54) is 12.1 Å². The molecule has 26 heavy (non-hydrogen) atoms. The zero-order chi connectivity index (χ0) is 18.3. The molecule has 1 saturated heterocycles. The summed E-state index contributed by atoms with van der Waals surface area (Å²) in [6.07, 6.45) is 1.64. The molecule has 0 radical (unpaired) electrons. The Bertz CT molecular complexity index is 945. The number of fused-ring (bicyclic) bond motifs is 1. The number of carbonyl (C=O) groups excluding carboxylic acids is 2. The van der Waals surface area contributed by atoms with E-state index < -0.39 is 0 Å². The molecule has 0 spiro atoms. The predicted molar refractivity (Wildman–Crippen MR) is 98.2 cm³/mol. The molecule has 2 aliphatic rings. The van der Waals surface area contributed by atoms with Crippen molar-refractivity contribution >= 4 is 44.9 Å². The second-order valence-electron chi connectivity index (χ2n) is 5.62. The minimum absolute atomic E-state index is 0.102. The van der Waals surface area contributed by atoms with E-state index in [9.17, 15) is 14.0 Å². The molecule has 5 nitrogen and oxygen atoms in total. The average molecular weight is 436 g/mol. The fourth-order valence-electron chi connectivity index (χ4n) is 2.59. The van der Waals surface area contributed by atoms with Gasteiger partial charge in [-0.05, 0) is 53.2 Å². The Hall–Kier alpha value is -2.32. The minimum atomic E-state index is -0.381. The molecule has 0 unspecified atom stereocenters. The Morgan fingerprint density at radius 2 is 1.85 bits per heavy atom. The van der Waals surface area contributed by atoms with Gasteiger partial charge in [0.05, 0.1) is 11.4 Å². The molecule has 1 fully saturated rings. The third-order valence-corrected chi connectivity index (χ3v) is 5.50. The van der Waals surface area contributed by atoms with Gasteiger partial charge in [0.25, 0.3) is 11.1 Å². The first-order valence-electron chi connectivity index (χ1n) is 7.60. The summed E-state index contributed by atoms with van der Waals surface area (Å²) in [5.41, 5.74) is 1.39. The van der Waals surface area contributed by atoms with E-state index in [1.54, 1.807) is 30.3 Å². The molecule has 0 saturated carbocycles. The van der Waals surface area contributed by atoms with Crippen LogP contribution in [0, 0.1) is 5.82 Å². The summed E-state index contributed by atoms with van der Waals surface area (Å²) in [6, 6.07) is 9.21. The number of halogens is 2. The van der Waals surface area contributed by atoms with Gasteiger partial charge in [0, 0.05) is 4.47 Å². The van der Waals surface area contributed by atoms with E-state index in [0.29, 0.717) is 27.5 Å². The maximum Gasteiger partial charge on any atom is 0.293 e. The lowest BCUT2D eigenvalue weighted by atomic mass is 10.1. The average Bonchev–Trinajstić information content (AvgIpc) is 3.16. The highest BCUT2D eigenvalue weighted by atomic mass is 79.9. The van der Waals surface area contributed by atoms with E-state index in [0.717, 1.165) is 21.1 Å². The van der Waals surface area contributed by atoms with Crippen molar-refractivity contribution < 1.29 is 23.5 Å². The number of carbonyl (C=O) groups is 2. The van der Waals surface area contributed by atoms with Crippen molar-refractivity contribution in [2.24, 2.45) is 0 Å². The Kier molecular flexibility index (Phi) is 4.46. The first kappa shape index (κ1) is 17.1.